The number of hydrogen-bond donors (Lipinski definition) is 3. The fourth-order valence-corrected chi connectivity index (χ4v) is 1.13. The van der Waals surface area contributed by atoms with Gasteiger partial charge >= 0.3 is 5.97 Å². The van der Waals surface area contributed by atoms with Crippen LogP contribution >= 0.6 is 11.6 Å². The van der Waals surface area contributed by atoms with Crippen molar-refractivity contribution < 1.29 is 19.8 Å². The number of aromatic nitrogens is 1. The predicted molar refractivity (Wildman–Crippen MR) is 55.2 cm³/mol. The van der Waals surface area contributed by atoms with E-state index in [2.05, 4.69) is 10.3 Å². The van der Waals surface area contributed by atoms with Crippen molar-refractivity contribution in [3.8, 4) is 0 Å². The minimum Gasteiger partial charge on any atom is -0.479 e. The summed E-state index contributed by atoms with van der Waals surface area (Å²) in [4.78, 5) is 25.4. The minimum atomic E-state index is -1.64. The number of carboxylic acids is 1. The molecule has 0 fully saturated rings. The number of amides is 1. The maximum Gasteiger partial charge on any atom is 0.334 e. The second kappa shape index (κ2) is 5.43. The van der Waals surface area contributed by atoms with Crippen LogP contribution in [-0.4, -0.2) is 39.7 Å². The summed E-state index contributed by atoms with van der Waals surface area (Å²) in [7, 11) is 0. The van der Waals surface area contributed by atoms with Crippen LogP contribution in [-0.2, 0) is 4.79 Å². The van der Waals surface area contributed by atoms with Gasteiger partial charge < -0.3 is 15.5 Å². The van der Waals surface area contributed by atoms with Gasteiger partial charge in [-0.05, 0) is 12.1 Å². The van der Waals surface area contributed by atoms with Crippen molar-refractivity contribution in [3.63, 3.8) is 0 Å². The second-order valence-electron chi connectivity index (χ2n) is 2.91. The summed E-state index contributed by atoms with van der Waals surface area (Å²) in [6.45, 7) is -0.389. The van der Waals surface area contributed by atoms with E-state index in [4.69, 9.17) is 21.8 Å². The fourth-order valence-electron chi connectivity index (χ4n) is 0.927. The van der Waals surface area contributed by atoms with Gasteiger partial charge in [-0.2, -0.15) is 0 Å². The van der Waals surface area contributed by atoms with E-state index in [1.165, 1.54) is 18.3 Å². The van der Waals surface area contributed by atoms with Gasteiger partial charge in [-0.1, -0.05) is 11.6 Å². The molecule has 0 aliphatic carbocycles. The molecule has 1 atom stereocenters. The first-order valence-corrected chi connectivity index (χ1v) is 4.69. The van der Waals surface area contributed by atoms with Crippen molar-refractivity contribution in [1.29, 1.82) is 0 Å². The number of rotatable bonds is 4. The molecular formula is C9H9ClN2O4. The molecule has 3 N–H and O–H groups in total. The molecule has 0 saturated carbocycles. The maximum absolute atomic E-state index is 11.5. The number of nitrogens with one attached hydrogen (secondary N) is 1. The van der Waals surface area contributed by atoms with Crippen LogP contribution in [0.5, 0.6) is 0 Å². The Hall–Kier alpha value is -1.66. The summed E-state index contributed by atoms with van der Waals surface area (Å²) in [5.41, 5.74) is 0.127. The Balaban J connectivity index is 2.60. The van der Waals surface area contributed by atoms with E-state index in [0.717, 1.165) is 0 Å². The highest BCUT2D eigenvalue weighted by molar-refractivity contribution is 6.32. The van der Waals surface area contributed by atoms with E-state index in [1.54, 1.807) is 0 Å². The lowest BCUT2D eigenvalue weighted by molar-refractivity contribution is -0.146. The van der Waals surface area contributed by atoms with Crippen LogP contribution in [0.3, 0.4) is 0 Å². The average Bonchev–Trinajstić information content (AvgIpc) is 2.25. The standard InChI is InChI=1S/C9H9ClN2O4/c10-7-5(2-1-3-11-7)8(14)12-4-6(13)9(15)16/h1-3,6,13H,4H2,(H,12,14)(H,15,16)/t6-/m0/s1. The van der Waals surface area contributed by atoms with Gasteiger partial charge in [0.2, 0.25) is 0 Å². The zero-order valence-electron chi connectivity index (χ0n) is 8.05. The Kier molecular flexibility index (Phi) is 4.21. The van der Waals surface area contributed by atoms with Gasteiger partial charge in [0.15, 0.2) is 6.10 Å². The summed E-state index contributed by atoms with van der Waals surface area (Å²) in [5.74, 6) is -1.99. The number of aliphatic hydroxyl groups is 1. The number of pyridine rings is 1. The molecule has 1 aromatic heterocycles. The molecular weight excluding hydrogens is 236 g/mol. The molecule has 0 bridgehead atoms. The van der Waals surface area contributed by atoms with Gasteiger partial charge in [0.1, 0.15) is 5.15 Å². The SMILES string of the molecule is O=C(NC[C@H](O)C(=O)O)c1cccnc1Cl. The number of hydrogen-bond acceptors (Lipinski definition) is 4. The molecule has 16 heavy (non-hydrogen) atoms. The quantitative estimate of drug-likeness (QED) is 0.643. The second-order valence-corrected chi connectivity index (χ2v) is 3.26. The Morgan fingerprint density at radius 2 is 2.25 bits per heavy atom. The number of carbonyl (C=O) groups is 2. The summed E-state index contributed by atoms with van der Waals surface area (Å²) in [6, 6.07) is 2.96. The van der Waals surface area contributed by atoms with E-state index in [0.29, 0.717) is 0 Å². The normalized spacial score (nSPS) is 11.9. The van der Waals surface area contributed by atoms with Crippen molar-refractivity contribution in [2.24, 2.45) is 0 Å². The van der Waals surface area contributed by atoms with E-state index in [1.807, 2.05) is 0 Å². The maximum atomic E-state index is 11.5. The van der Waals surface area contributed by atoms with Crippen LogP contribution in [0.15, 0.2) is 18.3 Å². The highest BCUT2D eigenvalue weighted by Crippen LogP contribution is 2.10. The number of carboxylic acid groups (broad SMARTS) is 1. The largest absolute Gasteiger partial charge is 0.479 e. The minimum absolute atomic E-state index is 0.0183. The Morgan fingerprint density at radius 1 is 1.56 bits per heavy atom. The molecule has 0 unspecified atom stereocenters. The van der Waals surface area contributed by atoms with Crippen molar-refractivity contribution in [2.75, 3.05) is 6.54 Å². The van der Waals surface area contributed by atoms with E-state index in [9.17, 15) is 9.59 Å². The topological polar surface area (TPSA) is 99.5 Å². The van der Waals surface area contributed by atoms with Crippen LogP contribution in [0.25, 0.3) is 0 Å². The molecule has 1 amide bonds. The third kappa shape index (κ3) is 3.18. The molecule has 0 saturated heterocycles. The number of carbonyl (C=O) groups excluding carboxylic acids is 1. The van der Waals surface area contributed by atoms with Crippen LogP contribution in [0.2, 0.25) is 5.15 Å². The third-order valence-corrected chi connectivity index (χ3v) is 2.05. The Bertz CT molecular complexity index is 410. The Labute approximate surface area is 95.9 Å². The molecule has 6 nitrogen and oxygen atoms in total. The van der Waals surface area contributed by atoms with E-state index < -0.39 is 18.0 Å². The highest BCUT2D eigenvalue weighted by atomic mass is 35.5. The van der Waals surface area contributed by atoms with Crippen LogP contribution < -0.4 is 5.32 Å². The van der Waals surface area contributed by atoms with E-state index in [-0.39, 0.29) is 17.3 Å². The van der Waals surface area contributed by atoms with Gasteiger partial charge in [-0.25, -0.2) is 9.78 Å². The first-order valence-electron chi connectivity index (χ1n) is 4.32. The van der Waals surface area contributed by atoms with Gasteiger partial charge in [-0.15, -0.1) is 0 Å². The lowest BCUT2D eigenvalue weighted by Gasteiger charge is -2.08. The zero-order chi connectivity index (χ0) is 12.1. The Morgan fingerprint density at radius 3 is 2.81 bits per heavy atom. The fraction of sp³-hybridized carbons (Fsp3) is 0.222. The molecule has 0 aliphatic rings. The number of aliphatic carboxylic acids is 1. The molecule has 0 spiro atoms. The van der Waals surface area contributed by atoms with Gasteiger partial charge in [0, 0.05) is 6.20 Å². The molecule has 0 aromatic carbocycles. The summed E-state index contributed by atoms with van der Waals surface area (Å²) in [5, 5.41) is 19.6. The summed E-state index contributed by atoms with van der Waals surface area (Å²) >= 11 is 5.65. The van der Waals surface area contributed by atoms with Gasteiger partial charge in [0.25, 0.3) is 5.91 Å². The van der Waals surface area contributed by atoms with Gasteiger partial charge in [0.05, 0.1) is 12.1 Å². The first-order chi connectivity index (χ1) is 7.52. The summed E-state index contributed by atoms with van der Waals surface area (Å²) in [6.07, 6.45) is -0.218. The molecule has 1 heterocycles. The van der Waals surface area contributed by atoms with Crippen LogP contribution in [0, 0.1) is 0 Å². The molecule has 0 radical (unpaired) electrons. The molecule has 1 aromatic rings. The third-order valence-electron chi connectivity index (χ3n) is 1.74. The lowest BCUT2D eigenvalue weighted by atomic mass is 10.2. The molecule has 86 valence electrons. The monoisotopic (exact) mass is 244 g/mol. The van der Waals surface area contributed by atoms with Gasteiger partial charge in [-0.3, -0.25) is 4.79 Å². The predicted octanol–water partition coefficient (Wildman–Crippen LogP) is -0.0897. The average molecular weight is 245 g/mol. The highest BCUT2D eigenvalue weighted by Gasteiger charge is 2.16. The van der Waals surface area contributed by atoms with Crippen molar-refractivity contribution in [1.82, 2.24) is 10.3 Å². The van der Waals surface area contributed by atoms with Crippen molar-refractivity contribution in [3.05, 3.63) is 29.0 Å². The molecule has 7 heteroatoms. The summed E-state index contributed by atoms with van der Waals surface area (Å²) < 4.78 is 0. The van der Waals surface area contributed by atoms with Crippen molar-refractivity contribution >= 4 is 23.5 Å². The number of aliphatic hydroxyl groups excluding tert-OH is 1. The number of nitrogens with zero attached hydrogens (tertiary/aromatic N) is 1. The van der Waals surface area contributed by atoms with Crippen molar-refractivity contribution in [2.45, 2.75) is 6.10 Å². The first kappa shape index (κ1) is 12.4. The van der Waals surface area contributed by atoms with E-state index >= 15 is 0 Å². The smallest absolute Gasteiger partial charge is 0.334 e. The zero-order valence-corrected chi connectivity index (χ0v) is 8.81. The lowest BCUT2D eigenvalue weighted by Crippen LogP contribution is -2.36. The van der Waals surface area contributed by atoms with Crippen LogP contribution in [0.1, 0.15) is 10.4 Å². The molecule has 0 aliphatic heterocycles. The number of halogens is 1. The van der Waals surface area contributed by atoms with Crippen LogP contribution in [0.4, 0.5) is 0 Å². The molecule has 1 rings (SSSR count).